The maximum Gasteiger partial charge on any atom is 1.00 e. The van der Waals surface area contributed by atoms with Gasteiger partial charge in [0.15, 0.2) is 0 Å². The maximum atomic E-state index is 11.5. The Bertz CT molecular complexity index is 84.4. The summed E-state index contributed by atoms with van der Waals surface area (Å²) in [6.07, 6.45) is 2.39. The molecule has 0 aromatic carbocycles. The standard InChI is InChI=1S/C6H13BF3.K/c1-2-3-4-5-6-7(8,9)10;/h2-6H2,1H3;/q-1;+1. The Hall–Kier alpha value is 1.49. The first-order valence-electron chi connectivity index (χ1n) is 3.77. The molecule has 62 valence electrons. The second-order valence-corrected chi connectivity index (χ2v) is 2.56. The Balaban J connectivity index is 0. The molecular weight excluding hydrogens is 179 g/mol. The number of halogens is 3. The molecule has 5 heteroatoms. The van der Waals surface area contributed by atoms with E-state index >= 15 is 0 Å². The third kappa shape index (κ3) is 14.4. The van der Waals surface area contributed by atoms with E-state index in [-0.39, 0.29) is 51.4 Å². The molecule has 0 atom stereocenters. The van der Waals surface area contributed by atoms with Crippen molar-refractivity contribution in [2.45, 2.75) is 38.9 Å². The van der Waals surface area contributed by atoms with Gasteiger partial charge in [-0.1, -0.05) is 38.9 Å². The molecule has 0 aromatic rings. The summed E-state index contributed by atoms with van der Waals surface area (Å²) in [4.78, 5) is 0. The van der Waals surface area contributed by atoms with Gasteiger partial charge in [-0.15, -0.1) is 0 Å². The van der Waals surface area contributed by atoms with Crippen LogP contribution in [0.1, 0.15) is 32.6 Å². The van der Waals surface area contributed by atoms with Crippen molar-refractivity contribution in [1.29, 1.82) is 0 Å². The molecule has 0 saturated carbocycles. The van der Waals surface area contributed by atoms with Crippen LogP contribution in [0, 0.1) is 0 Å². The van der Waals surface area contributed by atoms with Crippen LogP contribution in [-0.2, 0) is 0 Å². The van der Waals surface area contributed by atoms with Gasteiger partial charge in [0, 0.05) is 0 Å². The zero-order chi connectivity index (χ0) is 8.04. The van der Waals surface area contributed by atoms with Crippen LogP contribution in [0.25, 0.3) is 0 Å². The molecule has 0 aliphatic heterocycles. The van der Waals surface area contributed by atoms with Crippen LogP contribution in [0.2, 0.25) is 6.32 Å². The first kappa shape index (κ1) is 15.0. The first-order chi connectivity index (χ1) is 4.56. The van der Waals surface area contributed by atoms with Crippen LogP contribution in [0.3, 0.4) is 0 Å². The van der Waals surface area contributed by atoms with Crippen LogP contribution in [0.15, 0.2) is 0 Å². The minimum atomic E-state index is -4.52. The Kier molecular flexibility index (Phi) is 11.0. The van der Waals surface area contributed by atoms with Gasteiger partial charge in [-0.05, 0) is 0 Å². The van der Waals surface area contributed by atoms with Gasteiger partial charge in [-0.25, -0.2) is 0 Å². The summed E-state index contributed by atoms with van der Waals surface area (Å²) in [5.74, 6) is 0. The first-order valence-corrected chi connectivity index (χ1v) is 3.77. The minimum Gasteiger partial charge on any atom is -0.449 e. The zero-order valence-electron chi connectivity index (χ0n) is 7.25. The van der Waals surface area contributed by atoms with E-state index in [2.05, 4.69) is 0 Å². The van der Waals surface area contributed by atoms with Gasteiger partial charge < -0.3 is 12.9 Å². The molecule has 0 bridgehead atoms. The van der Waals surface area contributed by atoms with Crippen LogP contribution in [0.5, 0.6) is 0 Å². The second kappa shape index (κ2) is 8.11. The molecule has 0 aliphatic rings. The summed E-state index contributed by atoms with van der Waals surface area (Å²) in [5.41, 5.74) is 0. The van der Waals surface area contributed by atoms with Crippen molar-refractivity contribution in [3.63, 3.8) is 0 Å². The SMILES string of the molecule is CCCCCC[B-](F)(F)F.[K+]. The van der Waals surface area contributed by atoms with Crippen LogP contribution < -0.4 is 51.4 Å². The number of hydrogen-bond acceptors (Lipinski definition) is 0. The second-order valence-electron chi connectivity index (χ2n) is 2.56. The third-order valence-electron chi connectivity index (χ3n) is 1.39. The van der Waals surface area contributed by atoms with Crippen molar-refractivity contribution in [2.24, 2.45) is 0 Å². The van der Waals surface area contributed by atoms with E-state index in [9.17, 15) is 12.9 Å². The molecule has 0 heterocycles. The molecule has 0 fully saturated rings. The number of hydrogen-bond donors (Lipinski definition) is 0. The molecule has 0 N–H and O–H groups in total. The monoisotopic (exact) mass is 192 g/mol. The number of unbranched alkanes of at least 4 members (excludes halogenated alkanes) is 3. The van der Waals surface area contributed by atoms with E-state index in [4.69, 9.17) is 0 Å². The van der Waals surface area contributed by atoms with Crippen molar-refractivity contribution >= 4 is 6.98 Å². The molecule has 0 saturated heterocycles. The van der Waals surface area contributed by atoms with Crippen LogP contribution >= 0.6 is 0 Å². The van der Waals surface area contributed by atoms with E-state index in [0.29, 0.717) is 6.42 Å². The maximum absolute atomic E-state index is 11.5. The van der Waals surface area contributed by atoms with Gasteiger partial charge in [0.25, 0.3) is 0 Å². The predicted molar refractivity (Wildman–Crippen MR) is 38.0 cm³/mol. The van der Waals surface area contributed by atoms with Gasteiger partial charge in [-0.2, -0.15) is 0 Å². The molecule has 0 rings (SSSR count). The summed E-state index contributed by atoms with van der Waals surface area (Å²) in [7, 11) is 0. The average Bonchev–Trinajstić information content (AvgIpc) is 1.78. The van der Waals surface area contributed by atoms with Gasteiger partial charge in [0.2, 0.25) is 0 Å². The Morgan fingerprint density at radius 2 is 1.55 bits per heavy atom. The average molecular weight is 192 g/mol. The van der Waals surface area contributed by atoms with Crippen molar-refractivity contribution in [3.05, 3.63) is 0 Å². The fourth-order valence-electron chi connectivity index (χ4n) is 0.803. The largest absolute Gasteiger partial charge is 1.00 e. The van der Waals surface area contributed by atoms with Gasteiger partial charge in [0.05, 0.1) is 0 Å². The van der Waals surface area contributed by atoms with E-state index < -0.39 is 13.3 Å². The third-order valence-corrected chi connectivity index (χ3v) is 1.39. The molecule has 0 aliphatic carbocycles. The van der Waals surface area contributed by atoms with Crippen LogP contribution in [0.4, 0.5) is 12.9 Å². The summed E-state index contributed by atoms with van der Waals surface area (Å²) >= 11 is 0. The normalized spacial score (nSPS) is 10.9. The van der Waals surface area contributed by atoms with E-state index in [1.807, 2.05) is 6.92 Å². The molecule has 0 unspecified atom stereocenters. The Labute approximate surface area is 109 Å². The molecule has 0 amide bonds. The number of rotatable bonds is 5. The molecule has 0 radical (unpaired) electrons. The van der Waals surface area contributed by atoms with E-state index in [1.54, 1.807) is 0 Å². The quantitative estimate of drug-likeness (QED) is 0.437. The van der Waals surface area contributed by atoms with Crippen molar-refractivity contribution in [1.82, 2.24) is 0 Å². The van der Waals surface area contributed by atoms with Crippen molar-refractivity contribution in [3.8, 4) is 0 Å². The van der Waals surface area contributed by atoms with Crippen LogP contribution in [-0.4, -0.2) is 6.98 Å². The van der Waals surface area contributed by atoms with Gasteiger partial charge >= 0.3 is 58.4 Å². The molecule has 0 spiro atoms. The molecule has 0 aromatic heterocycles. The topological polar surface area (TPSA) is 0 Å². The summed E-state index contributed by atoms with van der Waals surface area (Å²) in [6, 6.07) is 0. The minimum absolute atomic E-state index is 0. The van der Waals surface area contributed by atoms with E-state index in [1.165, 1.54) is 0 Å². The smallest absolute Gasteiger partial charge is 0.449 e. The molecule has 0 nitrogen and oxygen atoms in total. The molecule has 11 heavy (non-hydrogen) atoms. The fraction of sp³-hybridized carbons (Fsp3) is 1.00. The van der Waals surface area contributed by atoms with E-state index in [0.717, 1.165) is 19.3 Å². The summed E-state index contributed by atoms with van der Waals surface area (Å²) < 4.78 is 34.6. The van der Waals surface area contributed by atoms with Crippen molar-refractivity contribution < 1.29 is 64.3 Å². The zero-order valence-corrected chi connectivity index (χ0v) is 10.4. The Morgan fingerprint density at radius 1 is 1.00 bits per heavy atom. The predicted octanol–water partition coefficient (Wildman–Crippen LogP) is 0.418. The van der Waals surface area contributed by atoms with Gasteiger partial charge in [0.1, 0.15) is 0 Å². The van der Waals surface area contributed by atoms with Gasteiger partial charge in [-0.3, -0.25) is 0 Å². The molecular formula is C6H13BF3K. The summed E-state index contributed by atoms with van der Waals surface area (Å²) in [6.45, 7) is -2.53. The Morgan fingerprint density at radius 3 is 1.91 bits per heavy atom. The summed E-state index contributed by atoms with van der Waals surface area (Å²) in [5, 5.41) is 0. The van der Waals surface area contributed by atoms with Crippen molar-refractivity contribution in [2.75, 3.05) is 0 Å². The fourth-order valence-corrected chi connectivity index (χ4v) is 0.803.